The van der Waals surface area contributed by atoms with Gasteiger partial charge in [0.1, 0.15) is 17.3 Å². The second-order valence-electron chi connectivity index (χ2n) is 8.00. The van der Waals surface area contributed by atoms with Gasteiger partial charge in [-0.05, 0) is 53.6 Å². The van der Waals surface area contributed by atoms with Crippen LogP contribution in [-0.4, -0.2) is 32.1 Å². The number of phenolic OH excluding ortho intramolecular Hbond substituents is 1. The van der Waals surface area contributed by atoms with Crippen LogP contribution in [0.5, 0.6) is 5.75 Å². The fraction of sp³-hybridized carbons (Fsp3) is 0.0769. The molecular formula is C26H17ClFN3O4S2. The van der Waals surface area contributed by atoms with E-state index in [9.17, 15) is 24.2 Å². The molecule has 11 heteroatoms. The van der Waals surface area contributed by atoms with E-state index in [4.69, 9.17) is 11.6 Å². The molecule has 0 aliphatic carbocycles. The van der Waals surface area contributed by atoms with Crippen LogP contribution in [0.4, 0.5) is 9.52 Å². The van der Waals surface area contributed by atoms with Gasteiger partial charge in [-0.2, -0.15) is 0 Å². The molecule has 1 unspecified atom stereocenters. The molecule has 5 rings (SSSR count). The average Bonchev–Trinajstić information content (AvgIpc) is 3.46. The van der Waals surface area contributed by atoms with E-state index in [1.165, 1.54) is 40.9 Å². The monoisotopic (exact) mass is 553 g/mol. The smallest absolute Gasteiger partial charge is 0.301 e. The number of aliphatic hydroxyl groups is 1. The molecule has 1 atom stereocenters. The minimum atomic E-state index is -1.04. The minimum absolute atomic E-state index is 0.00610. The first kappa shape index (κ1) is 24.9. The quantitative estimate of drug-likeness (QED) is 0.0998. The average molecular weight is 554 g/mol. The Labute approximate surface area is 223 Å². The highest BCUT2D eigenvalue weighted by Gasteiger charge is 2.48. The molecule has 1 aliphatic heterocycles. The van der Waals surface area contributed by atoms with Crippen LogP contribution in [0, 0.1) is 5.82 Å². The highest BCUT2D eigenvalue weighted by Crippen LogP contribution is 2.44. The fourth-order valence-corrected chi connectivity index (χ4v) is 6.03. The molecule has 186 valence electrons. The zero-order valence-corrected chi connectivity index (χ0v) is 21.2. The number of thioether (sulfide) groups is 1. The Kier molecular flexibility index (Phi) is 6.96. The van der Waals surface area contributed by atoms with Gasteiger partial charge in [-0.15, -0.1) is 10.2 Å². The van der Waals surface area contributed by atoms with E-state index in [1.807, 2.05) is 18.2 Å². The number of anilines is 1. The predicted octanol–water partition coefficient (Wildman–Crippen LogP) is 5.95. The molecule has 1 aromatic heterocycles. The number of aliphatic hydroxyl groups excluding tert-OH is 1. The van der Waals surface area contributed by atoms with Gasteiger partial charge in [0, 0.05) is 16.3 Å². The number of phenols is 1. The standard InChI is InChI=1S/C26H17ClFN3O4S2/c27-19-4-2-1-3-16(19)13-36-26-30-29-25(37-26)31-21(14-7-11-18(32)12-8-14)20(23(34)24(31)35)22(33)15-5-9-17(28)10-6-15/h1-12,21,32-33H,13H2/b22-20-. The van der Waals surface area contributed by atoms with Crippen molar-refractivity contribution in [2.75, 3.05) is 4.90 Å². The molecule has 4 aromatic rings. The van der Waals surface area contributed by atoms with Crippen LogP contribution in [0.2, 0.25) is 5.02 Å². The Bertz CT molecular complexity index is 1520. The number of carbonyl (C=O) groups excluding carboxylic acids is 2. The SMILES string of the molecule is O=C1C(=O)N(c2nnc(SCc3ccccc3Cl)s2)C(c2ccc(O)cc2)/C1=C(/O)c1ccc(F)cc1. The fourth-order valence-electron chi connectivity index (χ4n) is 3.88. The maximum atomic E-state index is 13.5. The first-order chi connectivity index (χ1) is 17.8. The predicted molar refractivity (Wildman–Crippen MR) is 140 cm³/mol. The van der Waals surface area contributed by atoms with Crippen molar-refractivity contribution < 1.29 is 24.2 Å². The summed E-state index contributed by atoms with van der Waals surface area (Å²) in [5.74, 6) is -2.24. The number of nitrogens with zero attached hydrogens (tertiary/aromatic N) is 3. The van der Waals surface area contributed by atoms with E-state index in [0.717, 1.165) is 29.0 Å². The van der Waals surface area contributed by atoms with E-state index in [-0.39, 0.29) is 22.0 Å². The van der Waals surface area contributed by atoms with Gasteiger partial charge in [-0.3, -0.25) is 14.5 Å². The van der Waals surface area contributed by atoms with Gasteiger partial charge in [0.25, 0.3) is 5.78 Å². The molecule has 7 nitrogen and oxygen atoms in total. The summed E-state index contributed by atoms with van der Waals surface area (Å²) in [5, 5.41) is 29.9. The summed E-state index contributed by atoms with van der Waals surface area (Å²) in [4.78, 5) is 27.6. The topological polar surface area (TPSA) is 104 Å². The first-order valence-corrected chi connectivity index (χ1v) is 13.1. The number of ketones is 1. The summed E-state index contributed by atoms with van der Waals surface area (Å²) in [6, 6.07) is 17.2. The molecule has 0 saturated carbocycles. The van der Waals surface area contributed by atoms with Crippen LogP contribution >= 0.6 is 34.7 Å². The Morgan fingerprint density at radius 2 is 1.73 bits per heavy atom. The molecule has 1 amide bonds. The number of rotatable bonds is 6. The van der Waals surface area contributed by atoms with E-state index in [1.54, 1.807) is 18.2 Å². The summed E-state index contributed by atoms with van der Waals surface area (Å²) in [6.07, 6.45) is 0. The normalized spacial score (nSPS) is 16.9. The van der Waals surface area contributed by atoms with E-state index >= 15 is 0 Å². The van der Waals surface area contributed by atoms with Crippen molar-refractivity contribution in [3.63, 3.8) is 0 Å². The number of Topliss-reactive ketones (excluding diaryl/α,β-unsaturated/α-hetero) is 1. The summed E-state index contributed by atoms with van der Waals surface area (Å²) in [6.45, 7) is 0. The Morgan fingerprint density at radius 3 is 2.43 bits per heavy atom. The lowest BCUT2D eigenvalue weighted by Gasteiger charge is -2.22. The van der Waals surface area contributed by atoms with Crippen molar-refractivity contribution in [3.05, 3.63) is 106 Å². The molecule has 0 radical (unpaired) electrons. The molecule has 2 N–H and O–H groups in total. The van der Waals surface area contributed by atoms with Gasteiger partial charge in [-0.25, -0.2) is 4.39 Å². The van der Waals surface area contributed by atoms with Crippen molar-refractivity contribution in [1.82, 2.24) is 10.2 Å². The van der Waals surface area contributed by atoms with Crippen LogP contribution in [-0.2, 0) is 15.3 Å². The van der Waals surface area contributed by atoms with Crippen molar-refractivity contribution in [2.45, 2.75) is 16.1 Å². The number of amides is 1. The number of hydrogen-bond acceptors (Lipinski definition) is 8. The summed E-state index contributed by atoms with van der Waals surface area (Å²) >= 11 is 8.74. The maximum Gasteiger partial charge on any atom is 0.301 e. The number of hydrogen-bond donors (Lipinski definition) is 2. The highest BCUT2D eigenvalue weighted by molar-refractivity contribution is 8.00. The maximum absolute atomic E-state index is 13.5. The van der Waals surface area contributed by atoms with Crippen LogP contribution < -0.4 is 4.90 Å². The Hall–Kier alpha value is -3.73. The molecule has 3 aromatic carbocycles. The highest BCUT2D eigenvalue weighted by atomic mass is 35.5. The molecular weight excluding hydrogens is 537 g/mol. The Morgan fingerprint density at radius 1 is 1.03 bits per heavy atom. The number of halogens is 2. The van der Waals surface area contributed by atoms with Gasteiger partial charge in [0.05, 0.1) is 11.6 Å². The molecule has 1 fully saturated rings. The van der Waals surface area contributed by atoms with Gasteiger partial charge >= 0.3 is 5.91 Å². The largest absolute Gasteiger partial charge is 0.508 e. The third-order valence-corrected chi connectivity index (χ3v) is 8.16. The van der Waals surface area contributed by atoms with Crippen LogP contribution in [0.15, 0.2) is 82.7 Å². The number of aromatic hydroxyl groups is 1. The number of carbonyl (C=O) groups is 2. The lowest BCUT2D eigenvalue weighted by atomic mass is 9.95. The summed E-state index contributed by atoms with van der Waals surface area (Å²) < 4.78 is 14.0. The van der Waals surface area contributed by atoms with E-state index in [0.29, 0.717) is 20.7 Å². The van der Waals surface area contributed by atoms with Gasteiger partial charge in [-0.1, -0.05) is 65.0 Å². The van der Waals surface area contributed by atoms with E-state index in [2.05, 4.69) is 10.2 Å². The van der Waals surface area contributed by atoms with Gasteiger partial charge in [0.15, 0.2) is 4.34 Å². The van der Waals surface area contributed by atoms with Crippen molar-refractivity contribution >= 4 is 57.3 Å². The van der Waals surface area contributed by atoms with Gasteiger partial charge < -0.3 is 10.2 Å². The van der Waals surface area contributed by atoms with Gasteiger partial charge in [0.2, 0.25) is 5.13 Å². The number of benzene rings is 3. The van der Waals surface area contributed by atoms with Crippen molar-refractivity contribution in [1.29, 1.82) is 0 Å². The van der Waals surface area contributed by atoms with Crippen molar-refractivity contribution in [2.24, 2.45) is 0 Å². The lowest BCUT2D eigenvalue weighted by Crippen LogP contribution is -2.29. The third kappa shape index (κ3) is 4.95. The molecule has 1 saturated heterocycles. The van der Waals surface area contributed by atoms with Crippen LogP contribution in [0.1, 0.15) is 22.7 Å². The minimum Gasteiger partial charge on any atom is -0.508 e. The molecule has 37 heavy (non-hydrogen) atoms. The zero-order chi connectivity index (χ0) is 26.1. The second kappa shape index (κ2) is 10.3. The molecule has 0 bridgehead atoms. The van der Waals surface area contributed by atoms with Crippen LogP contribution in [0.3, 0.4) is 0 Å². The number of aromatic nitrogens is 2. The second-order valence-corrected chi connectivity index (χ2v) is 10.6. The molecule has 2 heterocycles. The third-order valence-electron chi connectivity index (χ3n) is 5.68. The van der Waals surface area contributed by atoms with Crippen molar-refractivity contribution in [3.8, 4) is 5.75 Å². The zero-order valence-electron chi connectivity index (χ0n) is 18.8. The first-order valence-electron chi connectivity index (χ1n) is 10.9. The van der Waals surface area contributed by atoms with Crippen LogP contribution in [0.25, 0.3) is 5.76 Å². The lowest BCUT2D eigenvalue weighted by molar-refractivity contribution is -0.132. The Balaban J connectivity index is 1.54. The molecule has 1 aliphatic rings. The summed E-state index contributed by atoms with van der Waals surface area (Å²) in [7, 11) is 0. The van der Waals surface area contributed by atoms with E-state index < -0.39 is 29.3 Å². The molecule has 0 spiro atoms. The summed E-state index contributed by atoms with van der Waals surface area (Å²) in [5.41, 5.74) is 1.37.